The third-order valence-electron chi connectivity index (χ3n) is 4.86. The molecule has 3 saturated heterocycles. The van der Waals surface area contributed by atoms with Crippen LogP contribution >= 0.6 is 0 Å². The highest BCUT2D eigenvalue weighted by Crippen LogP contribution is 2.28. The molecule has 4 rings (SSSR count). The number of likely N-dealkylation sites (N-methyl/N-ethyl adjacent to an activating group) is 1. The Morgan fingerprint density at radius 3 is 2.70 bits per heavy atom. The lowest BCUT2D eigenvalue weighted by Gasteiger charge is -2.32. The summed E-state index contributed by atoms with van der Waals surface area (Å²) < 4.78 is 0. The minimum absolute atomic E-state index is 0.132. The van der Waals surface area contributed by atoms with E-state index in [-0.39, 0.29) is 5.41 Å². The minimum atomic E-state index is 0.132. The van der Waals surface area contributed by atoms with Crippen molar-refractivity contribution in [1.29, 1.82) is 0 Å². The molecular weight excluding hydrogens is 248 g/mol. The van der Waals surface area contributed by atoms with E-state index in [1.165, 1.54) is 43.9 Å². The van der Waals surface area contributed by atoms with Gasteiger partial charge in [-0.05, 0) is 31.9 Å². The monoisotopic (exact) mass is 276 g/mol. The normalized spacial score (nSPS) is 28.8. The van der Waals surface area contributed by atoms with Crippen molar-refractivity contribution in [3.8, 4) is 0 Å². The van der Waals surface area contributed by atoms with Crippen LogP contribution in [0.2, 0.25) is 0 Å². The van der Waals surface area contributed by atoms with Crippen molar-refractivity contribution in [2.24, 2.45) is 5.92 Å². The Hall–Kier alpha value is -0.870. The number of aromatic nitrogens is 2. The number of piperidine rings is 1. The van der Waals surface area contributed by atoms with E-state index < -0.39 is 0 Å². The Bertz CT molecular complexity index is 459. The summed E-state index contributed by atoms with van der Waals surface area (Å²) in [5.74, 6) is 0.851. The first kappa shape index (κ1) is 14.1. The van der Waals surface area contributed by atoms with Crippen molar-refractivity contribution >= 4 is 0 Å². The predicted molar refractivity (Wildman–Crippen MR) is 81.7 cm³/mol. The fourth-order valence-corrected chi connectivity index (χ4v) is 3.61. The maximum Gasteiger partial charge on any atom is 0.0678 e. The van der Waals surface area contributed by atoms with Crippen LogP contribution in [0.15, 0.2) is 6.07 Å². The summed E-state index contributed by atoms with van der Waals surface area (Å²) in [6.45, 7) is 11.4. The van der Waals surface area contributed by atoms with Gasteiger partial charge >= 0.3 is 0 Å². The van der Waals surface area contributed by atoms with Gasteiger partial charge in [0.25, 0.3) is 0 Å². The van der Waals surface area contributed by atoms with E-state index in [0.29, 0.717) is 0 Å². The molecule has 4 heteroatoms. The summed E-state index contributed by atoms with van der Waals surface area (Å²) in [6.07, 6.45) is 2.77. The van der Waals surface area contributed by atoms with E-state index in [1.807, 2.05) is 0 Å². The van der Waals surface area contributed by atoms with Gasteiger partial charge in [-0.3, -0.25) is 10.00 Å². The maximum atomic E-state index is 4.48. The van der Waals surface area contributed by atoms with Crippen molar-refractivity contribution in [3.63, 3.8) is 0 Å². The van der Waals surface area contributed by atoms with Gasteiger partial charge in [0.05, 0.1) is 5.69 Å². The van der Waals surface area contributed by atoms with Crippen LogP contribution in [0.4, 0.5) is 0 Å². The van der Waals surface area contributed by atoms with E-state index in [1.54, 1.807) is 0 Å². The third-order valence-corrected chi connectivity index (χ3v) is 4.86. The average Bonchev–Trinajstić information content (AvgIpc) is 2.66. The van der Waals surface area contributed by atoms with E-state index in [4.69, 9.17) is 0 Å². The molecule has 0 spiro atoms. The summed E-state index contributed by atoms with van der Waals surface area (Å²) in [6, 6.07) is 3.00. The van der Waals surface area contributed by atoms with Gasteiger partial charge in [-0.15, -0.1) is 0 Å². The molecule has 4 nitrogen and oxygen atoms in total. The molecule has 0 aliphatic carbocycles. The molecule has 0 radical (unpaired) electrons. The lowest BCUT2D eigenvalue weighted by molar-refractivity contribution is 0.165. The van der Waals surface area contributed by atoms with Gasteiger partial charge < -0.3 is 4.90 Å². The van der Waals surface area contributed by atoms with Crippen LogP contribution in [-0.4, -0.2) is 52.7 Å². The second-order valence-electron chi connectivity index (χ2n) is 7.76. The molecule has 2 bridgehead atoms. The molecule has 20 heavy (non-hydrogen) atoms. The summed E-state index contributed by atoms with van der Waals surface area (Å²) in [5, 5.41) is 7.72. The topological polar surface area (TPSA) is 35.2 Å². The molecule has 0 amide bonds. The summed E-state index contributed by atoms with van der Waals surface area (Å²) in [5.41, 5.74) is 2.56. The molecule has 112 valence electrons. The lowest BCUT2D eigenvalue weighted by Crippen LogP contribution is -2.40. The van der Waals surface area contributed by atoms with Gasteiger partial charge in [0.2, 0.25) is 0 Å². The van der Waals surface area contributed by atoms with Crippen molar-refractivity contribution in [2.45, 2.75) is 51.6 Å². The van der Waals surface area contributed by atoms with Crippen LogP contribution in [0.5, 0.6) is 0 Å². The number of hydrogen-bond acceptors (Lipinski definition) is 3. The molecule has 1 aromatic rings. The summed E-state index contributed by atoms with van der Waals surface area (Å²) in [7, 11) is 2.29. The smallest absolute Gasteiger partial charge is 0.0678 e. The van der Waals surface area contributed by atoms with Crippen molar-refractivity contribution < 1.29 is 0 Å². The SMILES string of the molecule is CN1C[C@H]2CC[C@@H]1CN(Cc1cc(C(C)(C)C)n[nH]1)C2. The van der Waals surface area contributed by atoms with Gasteiger partial charge in [-0.2, -0.15) is 5.10 Å². The molecule has 1 aromatic heterocycles. The summed E-state index contributed by atoms with van der Waals surface area (Å²) in [4.78, 5) is 5.17. The Labute approximate surface area is 122 Å². The standard InChI is InChI=1S/C16H28N4/c1-16(2,3)15-7-13(17-18-15)10-20-9-12-5-6-14(11-20)19(4)8-12/h7,12,14H,5-6,8-11H2,1-4H3,(H,17,18)/t12-,14-/m1/s1. The fourth-order valence-electron chi connectivity index (χ4n) is 3.61. The Morgan fingerprint density at radius 1 is 1.25 bits per heavy atom. The molecule has 1 N–H and O–H groups in total. The number of nitrogens with one attached hydrogen (secondary N) is 1. The number of fused-ring (bicyclic) bond motifs is 4. The highest BCUT2D eigenvalue weighted by atomic mass is 15.3. The zero-order valence-electron chi connectivity index (χ0n) is 13.3. The highest BCUT2D eigenvalue weighted by Gasteiger charge is 2.32. The largest absolute Gasteiger partial charge is 0.302 e. The van der Waals surface area contributed by atoms with Gasteiger partial charge in [0.1, 0.15) is 0 Å². The van der Waals surface area contributed by atoms with Crippen molar-refractivity contribution in [3.05, 3.63) is 17.5 Å². The molecule has 0 unspecified atom stereocenters. The average molecular weight is 276 g/mol. The van der Waals surface area contributed by atoms with Gasteiger partial charge in [-0.25, -0.2) is 0 Å². The van der Waals surface area contributed by atoms with Crippen molar-refractivity contribution in [2.75, 3.05) is 26.7 Å². The van der Waals surface area contributed by atoms with Crippen molar-refractivity contribution in [1.82, 2.24) is 20.0 Å². The van der Waals surface area contributed by atoms with Crippen LogP contribution in [0, 0.1) is 5.92 Å². The predicted octanol–water partition coefficient (Wildman–Crippen LogP) is 2.23. The zero-order chi connectivity index (χ0) is 14.3. The molecular formula is C16H28N4. The Balaban J connectivity index is 1.67. The van der Waals surface area contributed by atoms with Crippen LogP contribution < -0.4 is 0 Å². The van der Waals surface area contributed by atoms with Gasteiger partial charge in [-0.1, -0.05) is 20.8 Å². The number of rotatable bonds is 2. The van der Waals surface area contributed by atoms with E-state index in [0.717, 1.165) is 18.5 Å². The first-order valence-corrected chi connectivity index (χ1v) is 7.89. The molecule has 3 fully saturated rings. The molecule has 0 saturated carbocycles. The quantitative estimate of drug-likeness (QED) is 0.899. The molecule has 4 heterocycles. The number of hydrogen-bond donors (Lipinski definition) is 1. The van der Waals surface area contributed by atoms with Gasteiger partial charge in [0.15, 0.2) is 0 Å². The number of aromatic amines is 1. The second-order valence-corrected chi connectivity index (χ2v) is 7.76. The first-order chi connectivity index (χ1) is 9.41. The Morgan fingerprint density at radius 2 is 2.05 bits per heavy atom. The molecule has 2 atom stereocenters. The first-order valence-electron chi connectivity index (χ1n) is 7.89. The lowest BCUT2D eigenvalue weighted by atomic mass is 9.92. The van der Waals surface area contributed by atoms with Crippen LogP contribution in [0.25, 0.3) is 0 Å². The van der Waals surface area contributed by atoms with Crippen LogP contribution in [0.1, 0.15) is 45.0 Å². The van der Waals surface area contributed by atoms with E-state index >= 15 is 0 Å². The van der Waals surface area contributed by atoms with Gasteiger partial charge in [0, 0.05) is 43.3 Å². The molecule has 3 aliphatic rings. The Kier molecular flexibility index (Phi) is 3.63. The fraction of sp³-hybridized carbons (Fsp3) is 0.812. The molecule has 3 aliphatic heterocycles. The van der Waals surface area contributed by atoms with E-state index in [9.17, 15) is 0 Å². The third kappa shape index (κ3) is 2.91. The van der Waals surface area contributed by atoms with Crippen LogP contribution in [0.3, 0.4) is 0 Å². The highest BCUT2D eigenvalue weighted by molar-refractivity contribution is 5.16. The molecule has 0 aromatic carbocycles. The number of nitrogens with zero attached hydrogens (tertiary/aromatic N) is 3. The van der Waals surface area contributed by atoms with E-state index in [2.05, 4.69) is 53.9 Å². The number of H-pyrrole nitrogens is 1. The second kappa shape index (κ2) is 5.15. The maximum absolute atomic E-state index is 4.48. The minimum Gasteiger partial charge on any atom is -0.302 e. The zero-order valence-corrected chi connectivity index (χ0v) is 13.3. The summed E-state index contributed by atoms with van der Waals surface area (Å²) >= 11 is 0. The van der Waals surface area contributed by atoms with Crippen LogP contribution in [-0.2, 0) is 12.0 Å².